The Morgan fingerprint density at radius 1 is 1.37 bits per heavy atom. The summed E-state index contributed by atoms with van der Waals surface area (Å²) >= 11 is 6.10. The number of carbonyl (C=O) groups excluding carboxylic acids is 1. The summed E-state index contributed by atoms with van der Waals surface area (Å²) in [5, 5.41) is 11.1. The number of furan rings is 1. The molecular formula is C17H17ClN2O6S. The van der Waals surface area contributed by atoms with Crippen molar-refractivity contribution in [2.75, 3.05) is 11.5 Å². The van der Waals surface area contributed by atoms with Gasteiger partial charge in [-0.3, -0.25) is 14.9 Å². The summed E-state index contributed by atoms with van der Waals surface area (Å²) in [5.74, 6) is 0.406. The SMILES string of the molecule is Cc1ccc(CN(C(=O)c2cc([N+](=O)[O-])ccc2Cl)C2CCS(=O)(=O)C2)o1. The van der Waals surface area contributed by atoms with Crippen LogP contribution in [0.4, 0.5) is 5.69 Å². The van der Waals surface area contributed by atoms with Crippen LogP contribution in [0.5, 0.6) is 0 Å². The highest BCUT2D eigenvalue weighted by Crippen LogP contribution is 2.28. The molecule has 144 valence electrons. The zero-order valence-corrected chi connectivity index (χ0v) is 16.0. The van der Waals surface area contributed by atoms with Gasteiger partial charge in [-0.1, -0.05) is 11.6 Å². The van der Waals surface area contributed by atoms with Gasteiger partial charge in [0.15, 0.2) is 9.84 Å². The number of rotatable bonds is 5. The maximum absolute atomic E-state index is 13.1. The molecule has 1 aromatic carbocycles. The summed E-state index contributed by atoms with van der Waals surface area (Å²) in [6.07, 6.45) is 0.292. The standard InChI is InChI=1S/C17H17ClN2O6S/c1-11-2-4-14(26-11)9-19(13-6-7-27(24,25)10-13)17(21)15-8-12(20(22)23)3-5-16(15)18/h2-5,8,13H,6-7,9-10H2,1H3. The monoisotopic (exact) mass is 412 g/mol. The normalized spacial score (nSPS) is 18.4. The van der Waals surface area contributed by atoms with Gasteiger partial charge >= 0.3 is 0 Å². The smallest absolute Gasteiger partial charge is 0.270 e. The summed E-state index contributed by atoms with van der Waals surface area (Å²) in [5.41, 5.74) is -0.311. The summed E-state index contributed by atoms with van der Waals surface area (Å²) in [6, 6.07) is 6.49. The Morgan fingerprint density at radius 3 is 2.67 bits per heavy atom. The molecule has 0 aliphatic carbocycles. The number of benzene rings is 1. The molecule has 0 radical (unpaired) electrons. The zero-order chi connectivity index (χ0) is 19.8. The molecule has 2 heterocycles. The third-order valence-corrected chi connectivity index (χ3v) is 6.50. The van der Waals surface area contributed by atoms with Crippen LogP contribution < -0.4 is 0 Å². The van der Waals surface area contributed by atoms with Gasteiger partial charge in [-0.25, -0.2) is 8.42 Å². The molecule has 1 saturated heterocycles. The minimum Gasteiger partial charge on any atom is -0.464 e. The van der Waals surface area contributed by atoms with Crippen molar-refractivity contribution in [3.8, 4) is 0 Å². The molecule has 0 saturated carbocycles. The van der Waals surface area contributed by atoms with E-state index in [-0.39, 0.29) is 34.3 Å². The Kier molecular flexibility index (Phi) is 5.25. The third kappa shape index (κ3) is 4.30. The second-order valence-electron chi connectivity index (χ2n) is 6.42. The number of non-ortho nitro benzene ring substituents is 1. The molecule has 1 unspecified atom stereocenters. The number of carbonyl (C=O) groups is 1. The Labute approximate surface area is 160 Å². The molecule has 1 fully saturated rings. The number of halogens is 1. The predicted molar refractivity (Wildman–Crippen MR) is 98.5 cm³/mol. The Balaban J connectivity index is 1.98. The van der Waals surface area contributed by atoms with Crippen LogP contribution in [0.15, 0.2) is 34.7 Å². The van der Waals surface area contributed by atoms with Gasteiger partial charge in [-0.2, -0.15) is 0 Å². The van der Waals surface area contributed by atoms with Crippen LogP contribution in [0.1, 0.15) is 28.3 Å². The zero-order valence-electron chi connectivity index (χ0n) is 14.4. The molecule has 1 aliphatic heterocycles. The highest BCUT2D eigenvalue weighted by molar-refractivity contribution is 7.91. The number of nitro groups is 1. The first-order valence-electron chi connectivity index (χ1n) is 8.17. The largest absolute Gasteiger partial charge is 0.464 e. The van der Waals surface area contributed by atoms with Gasteiger partial charge in [0.05, 0.1) is 33.6 Å². The summed E-state index contributed by atoms with van der Waals surface area (Å²) in [6.45, 7) is 1.80. The van der Waals surface area contributed by atoms with Crippen LogP contribution in [0, 0.1) is 17.0 Å². The van der Waals surface area contributed by atoms with Gasteiger partial charge in [0.1, 0.15) is 11.5 Å². The lowest BCUT2D eigenvalue weighted by molar-refractivity contribution is -0.384. The molecule has 0 spiro atoms. The van der Waals surface area contributed by atoms with Crippen molar-refractivity contribution in [2.24, 2.45) is 0 Å². The van der Waals surface area contributed by atoms with E-state index in [1.54, 1.807) is 19.1 Å². The van der Waals surface area contributed by atoms with Crippen molar-refractivity contribution in [1.29, 1.82) is 0 Å². The maximum Gasteiger partial charge on any atom is 0.270 e. The Morgan fingerprint density at radius 2 is 2.11 bits per heavy atom. The van der Waals surface area contributed by atoms with Crippen LogP contribution in [-0.2, 0) is 16.4 Å². The van der Waals surface area contributed by atoms with Crippen molar-refractivity contribution in [1.82, 2.24) is 4.90 Å². The Bertz CT molecular complexity index is 1000. The lowest BCUT2D eigenvalue weighted by Gasteiger charge is -2.27. The van der Waals surface area contributed by atoms with E-state index >= 15 is 0 Å². The summed E-state index contributed by atoms with van der Waals surface area (Å²) in [7, 11) is -3.24. The van der Waals surface area contributed by atoms with Gasteiger partial charge in [0.2, 0.25) is 0 Å². The van der Waals surface area contributed by atoms with E-state index in [4.69, 9.17) is 16.0 Å². The Hall–Kier alpha value is -2.39. The molecule has 1 atom stereocenters. The van der Waals surface area contributed by atoms with E-state index in [2.05, 4.69) is 0 Å². The molecule has 2 aromatic rings. The van der Waals surface area contributed by atoms with E-state index in [0.29, 0.717) is 17.9 Å². The molecule has 27 heavy (non-hydrogen) atoms. The third-order valence-electron chi connectivity index (χ3n) is 4.42. The molecular weight excluding hydrogens is 396 g/mol. The van der Waals surface area contributed by atoms with Gasteiger partial charge in [0, 0.05) is 18.2 Å². The second-order valence-corrected chi connectivity index (χ2v) is 9.06. The van der Waals surface area contributed by atoms with Gasteiger partial charge in [-0.15, -0.1) is 0 Å². The molecule has 10 heteroatoms. The number of sulfone groups is 1. The van der Waals surface area contributed by atoms with Crippen molar-refractivity contribution < 1.29 is 22.6 Å². The quantitative estimate of drug-likeness (QED) is 0.551. The number of nitro benzene ring substituents is 1. The molecule has 8 nitrogen and oxygen atoms in total. The lowest BCUT2D eigenvalue weighted by Crippen LogP contribution is -2.40. The van der Waals surface area contributed by atoms with Crippen LogP contribution in [0.25, 0.3) is 0 Å². The molecule has 0 N–H and O–H groups in total. The molecule has 1 aromatic heterocycles. The van der Waals surface area contributed by atoms with E-state index in [1.165, 1.54) is 17.0 Å². The summed E-state index contributed by atoms with van der Waals surface area (Å²) in [4.78, 5) is 24.9. The lowest BCUT2D eigenvalue weighted by atomic mass is 10.1. The van der Waals surface area contributed by atoms with Crippen LogP contribution in [0.2, 0.25) is 5.02 Å². The van der Waals surface area contributed by atoms with Crippen molar-refractivity contribution in [3.05, 3.63) is 62.6 Å². The number of hydrogen-bond acceptors (Lipinski definition) is 6. The average Bonchev–Trinajstić information content (AvgIpc) is 3.17. The van der Waals surface area contributed by atoms with Gasteiger partial charge in [0.25, 0.3) is 11.6 Å². The highest BCUT2D eigenvalue weighted by Gasteiger charge is 2.36. The topological polar surface area (TPSA) is 111 Å². The highest BCUT2D eigenvalue weighted by atomic mass is 35.5. The van der Waals surface area contributed by atoms with Crippen molar-refractivity contribution in [2.45, 2.75) is 25.9 Å². The molecule has 3 rings (SSSR count). The molecule has 0 bridgehead atoms. The van der Waals surface area contributed by atoms with Crippen molar-refractivity contribution in [3.63, 3.8) is 0 Å². The van der Waals surface area contributed by atoms with E-state index < -0.39 is 26.7 Å². The number of amides is 1. The van der Waals surface area contributed by atoms with Crippen LogP contribution >= 0.6 is 11.6 Å². The van der Waals surface area contributed by atoms with Gasteiger partial charge < -0.3 is 9.32 Å². The van der Waals surface area contributed by atoms with Crippen LogP contribution in [0.3, 0.4) is 0 Å². The average molecular weight is 413 g/mol. The predicted octanol–water partition coefficient (Wildman–Crippen LogP) is 2.98. The minimum atomic E-state index is -3.24. The molecule has 1 amide bonds. The number of aryl methyl sites for hydroxylation is 1. The van der Waals surface area contributed by atoms with E-state index in [9.17, 15) is 23.3 Å². The first-order chi connectivity index (χ1) is 12.7. The summed E-state index contributed by atoms with van der Waals surface area (Å²) < 4.78 is 29.3. The van der Waals surface area contributed by atoms with E-state index in [0.717, 1.165) is 6.07 Å². The fourth-order valence-corrected chi connectivity index (χ4v) is 5.00. The van der Waals surface area contributed by atoms with E-state index in [1.807, 2.05) is 0 Å². The molecule has 1 aliphatic rings. The first-order valence-corrected chi connectivity index (χ1v) is 10.4. The van der Waals surface area contributed by atoms with Crippen LogP contribution in [-0.4, -0.2) is 41.7 Å². The number of hydrogen-bond donors (Lipinski definition) is 0. The minimum absolute atomic E-state index is 0.0126. The maximum atomic E-state index is 13.1. The number of nitrogens with zero attached hydrogens (tertiary/aromatic N) is 2. The fourth-order valence-electron chi connectivity index (χ4n) is 3.07. The van der Waals surface area contributed by atoms with Crippen molar-refractivity contribution >= 4 is 33.0 Å². The fraction of sp³-hybridized carbons (Fsp3) is 0.353. The second kappa shape index (κ2) is 7.32. The van der Waals surface area contributed by atoms with Gasteiger partial charge in [-0.05, 0) is 31.5 Å². The first kappa shape index (κ1) is 19.4.